The normalized spacial score (nSPS) is 16.4. The van der Waals surface area contributed by atoms with E-state index in [1.807, 2.05) is 62.4 Å². The Kier molecular flexibility index (Phi) is 8.97. The van der Waals surface area contributed by atoms with E-state index in [0.29, 0.717) is 36.0 Å². The minimum absolute atomic E-state index is 0.0804. The van der Waals surface area contributed by atoms with E-state index in [4.69, 9.17) is 9.73 Å². The van der Waals surface area contributed by atoms with Gasteiger partial charge >= 0.3 is 5.97 Å². The molecule has 7 nitrogen and oxygen atoms in total. The summed E-state index contributed by atoms with van der Waals surface area (Å²) in [7, 11) is 0. The van der Waals surface area contributed by atoms with E-state index in [0.717, 1.165) is 22.4 Å². The van der Waals surface area contributed by atoms with Gasteiger partial charge in [0.2, 0.25) is 11.8 Å². The number of aryl methyl sites for hydroxylation is 2. The molecule has 0 aliphatic carbocycles. The molecule has 0 spiro atoms. The maximum atomic E-state index is 13.3. The number of rotatable bonds is 8. The van der Waals surface area contributed by atoms with Crippen molar-refractivity contribution in [2.45, 2.75) is 38.9 Å². The van der Waals surface area contributed by atoms with Crippen molar-refractivity contribution in [3.05, 3.63) is 95.1 Å². The number of amides is 2. The Morgan fingerprint density at radius 3 is 2.47 bits per heavy atom. The summed E-state index contributed by atoms with van der Waals surface area (Å²) in [5.74, 6) is -0.785. The highest BCUT2D eigenvalue weighted by Crippen LogP contribution is 2.31. The van der Waals surface area contributed by atoms with Crippen LogP contribution >= 0.6 is 11.8 Å². The lowest BCUT2D eigenvalue weighted by molar-refractivity contribution is -0.129. The third-order valence-corrected chi connectivity index (χ3v) is 7.33. The van der Waals surface area contributed by atoms with Crippen LogP contribution in [0.1, 0.15) is 40.4 Å². The van der Waals surface area contributed by atoms with Crippen LogP contribution in [0, 0.1) is 13.8 Å². The molecule has 1 N–H and O–H groups in total. The van der Waals surface area contributed by atoms with Crippen LogP contribution in [0.25, 0.3) is 0 Å². The largest absolute Gasteiger partial charge is 0.462 e. The average Bonchev–Trinajstić information content (AvgIpc) is 2.90. The number of nitrogens with zero attached hydrogens (tertiary/aromatic N) is 2. The molecular weight excluding hydrogens is 498 g/mol. The van der Waals surface area contributed by atoms with Crippen molar-refractivity contribution >= 4 is 46.1 Å². The summed E-state index contributed by atoms with van der Waals surface area (Å²) >= 11 is 1.28. The number of ether oxygens (including phenoxy) is 1. The van der Waals surface area contributed by atoms with Gasteiger partial charge in [-0.2, -0.15) is 0 Å². The summed E-state index contributed by atoms with van der Waals surface area (Å²) in [4.78, 5) is 44.9. The first-order valence-electron chi connectivity index (χ1n) is 12.6. The van der Waals surface area contributed by atoms with E-state index >= 15 is 0 Å². The van der Waals surface area contributed by atoms with Gasteiger partial charge in [-0.3, -0.25) is 14.5 Å². The molecule has 2 amide bonds. The maximum absolute atomic E-state index is 13.3. The summed E-state index contributed by atoms with van der Waals surface area (Å²) < 4.78 is 5.05. The second-order valence-corrected chi connectivity index (χ2v) is 10.2. The molecule has 0 aromatic heterocycles. The minimum Gasteiger partial charge on any atom is -0.462 e. The number of aliphatic imine (C=N–C) groups is 1. The lowest BCUT2D eigenvalue weighted by Gasteiger charge is -2.32. The summed E-state index contributed by atoms with van der Waals surface area (Å²) in [5, 5.41) is 2.82. The Balaban J connectivity index is 1.57. The van der Waals surface area contributed by atoms with Crippen molar-refractivity contribution in [3.63, 3.8) is 0 Å². The number of esters is 1. The van der Waals surface area contributed by atoms with Gasteiger partial charge < -0.3 is 10.1 Å². The second-order valence-electron chi connectivity index (χ2n) is 9.06. The van der Waals surface area contributed by atoms with Crippen LogP contribution in [0.3, 0.4) is 0 Å². The fourth-order valence-corrected chi connectivity index (χ4v) is 5.24. The molecule has 8 heteroatoms. The molecule has 0 radical (unpaired) electrons. The van der Waals surface area contributed by atoms with E-state index < -0.39 is 11.2 Å². The molecule has 3 aromatic rings. The smallest absolute Gasteiger partial charge is 0.338 e. The molecule has 0 bridgehead atoms. The minimum atomic E-state index is -0.617. The van der Waals surface area contributed by atoms with Crippen LogP contribution in [-0.4, -0.2) is 46.3 Å². The van der Waals surface area contributed by atoms with Gasteiger partial charge in [-0.1, -0.05) is 59.8 Å². The van der Waals surface area contributed by atoms with Gasteiger partial charge in [0.1, 0.15) is 5.25 Å². The van der Waals surface area contributed by atoms with Crippen molar-refractivity contribution in [2.24, 2.45) is 4.99 Å². The summed E-state index contributed by atoms with van der Waals surface area (Å²) in [6.45, 7) is 6.44. The highest BCUT2D eigenvalue weighted by molar-refractivity contribution is 8.15. The number of hydrogen-bond donors (Lipinski definition) is 1. The molecule has 1 unspecified atom stereocenters. The molecule has 1 heterocycles. The Bertz CT molecular complexity index is 1340. The molecule has 0 saturated carbocycles. The number of benzene rings is 3. The van der Waals surface area contributed by atoms with Gasteiger partial charge in [-0.25, -0.2) is 9.79 Å². The number of thioether (sulfide) groups is 1. The zero-order valence-corrected chi connectivity index (χ0v) is 22.6. The van der Waals surface area contributed by atoms with Crippen LogP contribution in [-0.2, 0) is 20.7 Å². The van der Waals surface area contributed by atoms with Crippen molar-refractivity contribution < 1.29 is 19.1 Å². The number of carbonyl (C=O) groups excluding carboxylic acids is 3. The third kappa shape index (κ3) is 6.89. The Labute approximate surface area is 227 Å². The van der Waals surface area contributed by atoms with Gasteiger partial charge in [-0.15, -0.1) is 0 Å². The molecule has 1 atom stereocenters. The van der Waals surface area contributed by atoms with E-state index in [1.165, 1.54) is 11.8 Å². The monoisotopic (exact) mass is 529 g/mol. The first-order valence-corrected chi connectivity index (χ1v) is 13.5. The fraction of sp³-hybridized carbons (Fsp3) is 0.267. The van der Waals surface area contributed by atoms with Crippen molar-refractivity contribution in [1.29, 1.82) is 0 Å². The summed E-state index contributed by atoms with van der Waals surface area (Å²) in [6.07, 6.45) is 0.740. The SMILES string of the molecule is CCOC(=O)c1ccc(N=C2SC(C(=O)Nc3ccc(C)cc3C)CC(=O)N2CCc2ccccc2)cc1. The van der Waals surface area contributed by atoms with Crippen LogP contribution in [0.15, 0.2) is 77.8 Å². The summed E-state index contributed by atoms with van der Waals surface area (Å²) in [6, 6.07) is 22.5. The van der Waals surface area contributed by atoms with Gasteiger partial charge in [0.05, 0.1) is 17.9 Å². The molecule has 1 aliphatic rings. The lowest BCUT2D eigenvalue weighted by atomic mass is 10.1. The second kappa shape index (κ2) is 12.6. The standard InChI is InChI=1S/C30H31N3O4S/c1-4-37-29(36)23-11-13-24(14-12-23)31-30-33(17-16-22-8-6-5-7-9-22)27(34)19-26(38-30)28(35)32-25-15-10-20(2)18-21(25)3/h5-15,18,26H,4,16-17,19H2,1-3H3,(H,32,35). The van der Waals surface area contributed by atoms with Crippen LogP contribution in [0.2, 0.25) is 0 Å². The molecular formula is C30H31N3O4S. The van der Waals surface area contributed by atoms with E-state index in [9.17, 15) is 14.4 Å². The molecule has 1 aliphatic heterocycles. The van der Waals surface area contributed by atoms with E-state index in [-0.39, 0.29) is 18.2 Å². The number of amidine groups is 1. The van der Waals surface area contributed by atoms with Crippen LogP contribution in [0.4, 0.5) is 11.4 Å². The van der Waals surface area contributed by atoms with E-state index in [2.05, 4.69) is 5.32 Å². The highest BCUT2D eigenvalue weighted by Gasteiger charge is 2.36. The molecule has 3 aromatic carbocycles. The van der Waals surface area contributed by atoms with E-state index in [1.54, 1.807) is 36.1 Å². The zero-order valence-electron chi connectivity index (χ0n) is 21.8. The van der Waals surface area contributed by atoms with Gasteiger partial charge in [0.15, 0.2) is 5.17 Å². The van der Waals surface area contributed by atoms with Crippen molar-refractivity contribution in [2.75, 3.05) is 18.5 Å². The van der Waals surface area contributed by atoms with Crippen LogP contribution in [0.5, 0.6) is 0 Å². The van der Waals surface area contributed by atoms with Gasteiger partial charge in [-0.05, 0) is 68.7 Å². The molecule has 1 fully saturated rings. The Morgan fingerprint density at radius 2 is 1.79 bits per heavy atom. The zero-order chi connectivity index (χ0) is 27.1. The Morgan fingerprint density at radius 1 is 1.05 bits per heavy atom. The molecule has 4 rings (SSSR count). The molecule has 1 saturated heterocycles. The molecule has 196 valence electrons. The first kappa shape index (κ1) is 27.1. The summed E-state index contributed by atoms with van der Waals surface area (Å²) in [5.41, 5.74) is 4.92. The maximum Gasteiger partial charge on any atom is 0.338 e. The van der Waals surface area contributed by atoms with Gasteiger partial charge in [0, 0.05) is 18.7 Å². The third-order valence-electron chi connectivity index (χ3n) is 6.14. The van der Waals surface area contributed by atoms with Crippen molar-refractivity contribution in [3.8, 4) is 0 Å². The van der Waals surface area contributed by atoms with Crippen LogP contribution < -0.4 is 5.32 Å². The van der Waals surface area contributed by atoms with Crippen molar-refractivity contribution in [1.82, 2.24) is 4.90 Å². The predicted octanol–water partition coefficient (Wildman–Crippen LogP) is 5.68. The number of anilines is 1. The lowest BCUT2D eigenvalue weighted by Crippen LogP contribution is -2.46. The van der Waals surface area contributed by atoms with Gasteiger partial charge in [0.25, 0.3) is 0 Å². The molecule has 38 heavy (non-hydrogen) atoms. The number of carbonyl (C=O) groups is 3. The topological polar surface area (TPSA) is 88.1 Å². The average molecular weight is 530 g/mol. The highest BCUT2D eigenvalue weighted by atomic mass is 32.2. The Hall–Kier alpha value is -3.91. The first-order chi connectivity index (χ1) is 18.3. The number of hydrogen-bond acceptors (Lipinski definition) is 6. The number of nitrogens with one attached hydrogen (secondary N) is 1. The quantitative estimate of drug-likeness (QED) is 0.379. The fourth-order valence-electron chi connectivity index (χ4n) is 4.11. The predicted molar refractivity (Wildman–Crippen MR) is 152 cm³/mol.